The Balaban J connectivity index is 2.30. The summed E-state index contributed by atoms with van der Waals surface area (Å²) in [4.78, 5) is 76.3. The van der Waals surface area contributed by atoms with Crippen molar-refractivity contribution >= 4 is 46.5 Å². The molecule has 0 bridgehead atoms. The van der Waals surface area contributed by atoms with Gasteiger partial charge in [-0.05, 0) is 50.3 Å². The molecule has 0 fully saturated rings. The Hall–Kier alpha value is -4.50. The molecule has 1 aromatic carbocycles. The summed E-state index contributed by atoms with van der Waals surface area (Å²) in [6.45, 7) is 0.346. The van der Waals surface area contributed by atoms with Gasteiger partial charge in [0.2, 0.25) is 23.6 Å². The molecule has 2 rings (SSSR count). The third kappa shape index (κ3) is 10.8. The van der Waals surface area contributed by atoms with E-state index in [-0.39, 0.29) is 32.1 Å². The topological polar surface area (TPSA) is 273 Å². The molecule has 42 heavy (non-hydrogen) atoms. The van der Waals surface area contributed by atoms with Gasteiger partial charge in [-0.3, -0.25) is 24.0 Å². The Bertz CT molecular complexity index is 1260. The number of hydrogen-bond acceptors (Lipinski definition) is 8. The van der Waals surface area contributed by atoms with Gasteiger partial charge in [-0.15, -0.1) is 0 Å². The number of nitrogens with one attached hydrogen (secondary N) is 4. The second-order valence-corrected chi connectivity index (χ2v) is 9.91. The Morgan fingerprint density at radius 3 is 2.10 bits per heavy atom. The summed E-state index contributed by atoms with van der Waals surface area (Å²) in [5.74, 6) is -5.56. The van der Waals surface area contributed by atoms with Crippen LogP contribution in [-0.4, -0.2) is 81.5 Å². The van der Waals surface area contributed by atoms with Gasteiger partial charge in [-0.25, -0.2) is 4.79 Å². The van der Waals surface area contributed by atoms with E-state index in [9.17, 15) is 33.9 Å². The number of rotatable bonds is 19. The summed E-state index contributed by atoms with van der Waals surface area (Å²) in [5.41, 5.74) is 18.0. The quantitative estimate of drug-likeness (QED) is 0.0886. The van der Waals surface area contributed by atoms with Crippen molar-refractivity contribution in [3.63, 3.8) is 0 Å². The number of carbonyl (C=O) groups excluding carboxylic acids is 4. The average molecular weight is 590 g/mol. The molecule has 4 atom stereocenters. The lowest BCUT2D eigenvalue weighted by molar-refractivity contribution is -0.143. The number of hydrogen-bond donors (Lipinski definition) is 9. The van der Waals surface area contributed by atoms with Crippen LogP contribution in [-0.2, 0) is 35.2 Å². The van der Waals surface area contributed by atoms with Crippen LogP contribution in [0.3, 0.4) is 0 Å². The highest BCUT2D eigenvalue weighted by Gasteiger charge is 2.31. The molecular weight excluding hydrogens is 550 g/mol. The van der Waals surface area contributed by atoms with E-state index in [1.165, 1.54) is 0 Å². The van der Waals surface area contributed by atoms with Gasteiger partial charge in [-0.1, -0.05) is 18.2 Å². The molecule has 0 aliphatic heterocycles. The molecule has 0 saturated heterocycles. The SMILES string of the molecule is NCCCCC(NC(=O)C(N)CCC(N)=O)C(=O)NC(Cc1c[nH]c2ccccc12)C(=O)NC(CCC(=O)O)C(=O)O. The maximum Gasteiger partial charge on any atom is 0.326 e. The Morgan fingerprint density at radius 1 is 0.810 bits per heavy atom. The molecule has 0 saturated carbocycles. The molecule has 15 heteroatoms. The third-order valence-corrected chi connectivity index (χ3v) is 6.61. The molecule has 4 unspecified atom stereocenters. The maximum atomic E-state index is 13.4. The summed E-state index contributed by atoms with van der Waals surface area (Å²) < 4.78 is 0. The van der Waals surface area contributed by atoms with Crippen molar-refractivity contribution in [2.45, 2.75) is 75.5 Å². The van der Waals surface area contributed by atoms with Gasteiger partial charge in [-0.2, -0.15) is 0 Å². The number of carbonyl (C=O) groups is 6. The fourth-order valence-corrected chi connectivity index (χ4v) is 4.27. The highest BCUT2D eigenvalue weighted by Crippen LogP contribution is 2.19. The van der Waals surface area contributed by atoms with E-state index < -0.39 is 66.2 Å². The zero-order chi connectivity index (χ0) is 31.2. The van der Waals surface area contributed by atoms with Crippen molar-refractivity contribution < 1.29 is 39.0 Å². The molecule has 4 amide bonds. The molecule has 230 valence electrons. The average Bonchev–Trinajstić information content (AvgIpc) is 3.35. The minimum Gasteiger partial charge on any atom is -0.481 e. The number of H-pyrrole nitrogens is 1. The zero-order valence-corrected chi connectivity index (χ0v) is 23.1. The number of carboxylic acids is 2. The summed E-state index contributed by atoms with van der Waals surface area (Å²) in [6.07, 6.45) is 1.76. The number of unbranched alkanes of at least 4 members (excludes halogenated alkanes) is 1. The molecule has 0 aliphatic carbocycles. The number of carboxylic acid groups (broad SMARTS) is 2. The van der Waals surface area contributed by atoms with Crippen LogP contribution in [0.1, 0.15) is 50.5 Å². The number of aromatic amines is 1. The van der Waals surface area contributed by atoms with E-state index in [0.717, 1.165) is 10.9 Å². The highest BCUT2D eigenvalue weighted by molar-refractivity contribution is 5.95. The Morgan fingerprint density at radius 2 is 1.45 bits per heavy atom. The number of aromatic nitrogens is 1. The first-order valence-electron chi connectivity index (χ1n) is 13.6. The van der Waals surface area contributed by atoms with E-state index in [1.807, 2.05) is 18.2 Å². The minimum atomic E-state index is -1.51. The van der Waals surface area contributed by atoms with E-state index in [2.05, 4.69) is 20.9 Å². The van der Waals surface area contributed by atoms with Crippen molar-refractivity contribution in [1.29, 1.82) is 0 Å². The molecule has 15 nitrogen and oxygen atoms in total. The predicted octanol–water partition coefficient (Wildman–Crippen LogP) is -1.16. The number of fused-ring (bicyclic) bond motifs is 1. The van der Waals surface area contributed by atoms with Gasteiger partial charge in [0.25, 0.3) is 0 Å². The first kappa shape index (κ1) is 33.7. The number of para-hydroxylation sites is 1. The van der Waals surface area contributed by atoms with E-state index >= 15 is 0 Å². The molecular formula is C27H39N7O8. The van der Waals surface area contributed by atoms with Crippen LogP contribution in [0.15, 0.2) is 30.5 Å². The predicted molar refractivity (Wildman–Crippen MR) is 152 cm³/mol. The Kier molecular flexibility index (Phi) is 13.4. The van der Waals surface area contributed by atoms with Gasteiger partial charge in [0.1, 0.15) is 18.1 Å². The van der Waals surface area contributed by atoms with Crippen LogP contribution < -0.4 is 33.2 Å². The normalized spacial score (nSPS) is 13.9. The lowest BCUT2D eigenvalue weighted by Gasteiger charge is -2.25. The first-order valence-corrected chi connectivity index (χ1v) is 13.6. The highest BCUT2D eigenvalue weighted by atomic mass is 16.4. The first-order chi connectivity index (χ1) is 19.9. The van der Waals surface area contributed by atoms with Crippen LogP contribution in [0.25, 0.3) is 10.9 Å². The molecule has 2 aromatic rings. The van der Waals surface area contributed by atoms with E-state index in [1.54, 1.807) is 12.3 Å². The second kappa shape index (κ2) is 16.7. The Labute approximate surface area is 241 Å². The van der Waals surface area contributed by atoms with Gasteiger partial charge in [0.15, 0.2) is 0 Å². The van der Waals surface area contributed by atoms with Crippen LogP contribution in [0.5, 0.6) is 0 Å². The maximum absolute atomic E-state index is 13.4. The summed E-state index contributed by atoms with van der Waals surface area (Å²) in [5, 5.41) is 26.8. The van der Waals surface area contributed by atoms with Gasteiger partial charge >= 0.3 is 11.9 Å². The smallest absolute Gasteiger partial charge is 0.326 e. The summed E-state index contributed by atoms with van der Waals surface area (Å²) >= 11 is 0. The summed E-state index contributed by atoms with van der Waals surface area (Å²) in [7, 11) is 0. The summed E-state index contributed by atoms with van der Waals surface area (Å²) in [6, 6.07) is 2.21. The molecule has 0 radical (unpaired) electrons. The van der Waals surface area contributed by atoms with E-state index in [4.69, 9.17) is 22.3 Å². The number of amides is 4. The number of primary amides is 1. The molecule has 0 aliphatic rings. The fourth-order valence-electron chi connectivity index (χ4n) is 4.27. The standard InChI is InChI=1S/C27H39N7O8/c28-12-4-3-7-19(32-24(38)17(29)8-10-22(30)35)25(39)34-21(13-15-14-31-18-6-2-1-5-16(15)18)26(40)33-20(27(41)42)9-11-23(36)37/h1-2,5-6,14,17,19-21,31H,3-4,7-13,28-29H2,(H2,30,35)(H,32,38)(H,33,40)(H,34,39)(H,36,37)(H,41,42). The molecule has 0 spiro atoms. The van der Waals surface area contributed by atoms with Crippen molar-refractivity contribution in [3.05, 3.63) is 36.0 Å². The second-order valence-electron chi connectivity index (χ2n) is 9.91. The molecule has 12 N–H and O–H groups in total. The number of nitrogens with two attached hydrogens (primary N) is 3. The van der Waals surface area contributed by atoms with Crippen molar-refractivity contribution in [3.8, 4) is 0 Å². The number of aliphatic carboxylic acids is 2. The molecule has 1 heterocycles. The van der Waals surface area contributed by atoms with Crippen LogP contribution in [0.2, 0.25) is 0 Å². The van der Waals surface area contributed by atoms with Gasteiger partial charge in [0, 0.05) is 36.4 Å². The third-order valence-electron chi connectivity index (χ3n) is 6.61. The number of benzene rings is 1. The monoisotopic (exact) mass is 589 g/mol. The minimum absolute atomic E-state index is 0.0309. The fraction of sp³-hybridized carbons (Fsp3) is 0.481. The van der Waals surface area contributed by atoms with E-state index in [0.29, 0.717) is 24.9 Å². The largest absolute Gasteiger partial charge is 0.481 e. The van der Waals surface area contributed by atoms with Gasteiger partial charge < -0.3 is 48.3 Å². The van der Waals surface area contributed by atoms with Crippen LogP contribution >= 0.6 is 0 Å². The van der Waals surface area contributed by atoms with Gasteiger partial charge in [0.05, 0.1) is 6.04 Å². The lowest BCUT2D eigenvalue weighted by Crippen LogP contribution is -2.57. The van der Waals surface area contributed by atoms with Crippen LogP contribution in [0.4, 0.5) is 0 Å². The zero-order valence-electron chi connectivity index (χ0n) is 23.1. The van der Waals surface area contributed by atoms with Crippen molar-refractivity contribution in [2.24, 2.45) is 17.2 Å². The lowest BCUT2D eigenvalue weighted by atomic mass is 10.0. The molecule has 1 aromatic heterocycles. The van der Waals surface area contributed by atoms with Crippen LogP contribution in [0, 0.1) is 0 Å². The van der Waals surface area contributed by atoms with Crippen molar-refractivity contribution in [1.82, 2.24) is 20.9 Å². The van der Waals surface area contributed by atoms with Crippen molar-refractivity contribution in [2.75, 3.05) is 6.54 Å².